The highest BCUT2D eigenvalue weighted by molar-refractivity contribution is 5.81. The minimum absolute atomic E-state index is 0.377. The fraction of sp³-hybridized carbons (Fsp3) is 0.800. The fourth-order valence-corrected chi connectivity index (χ4v) is 0.551. The molecule has 1 aliphatic heterocycles. The summed E-state index contributed by atoms with van der Waals surface area (Å²) >= 11 is 0. The van der Waals surface area contributed by atoms with Crippen molar-refractivity contribution in [1.82, 2.24) is 0 Å². The van der Waals surface area contributed by atoms with Gasteiger partial charge in [-0.1, -0.05) is 0 Å². The second kappa shape index (κ2) is 1.07. The predicted octanol–water partition coefficient (Wildman–Crippen LogP) is -0.00690. The molecule has 0 aromatic rings. The third kappa shape index (κ3) is 0.548. The number of hydrogen-bond donors (Lipinski definition) is 0. The zero-order chi connectivity index (χ0) is 5.49. The van der Waals surface area contributed by atoms with Crippen LogP contribution in [0.3, 0.4) is 0 Å². The Morgan fingerprint density at radius 3 is 2.29 bits per heavy atom. The van der Waals surface area contributed by atoms with Crippen LogP contribution in [-0.2, 0) is 4.79 Å². The summed E-state index contributed by atoms with van der Waals surface area (Å²) in [5.41, 5.74) is 0. The summed E-state index contributed by atoms with van der Waals surface area (Å²) in [6.07, 6.45) is 0. The second-order valence-corrected chi connectivity index (χ2v) is 2.26. The zero-order valence-corrected chi connectivity index (χ0v) is 4.77. The summed E-state index contributed by atoms with van der Waals surface area (Å²) in [5.74, 6) is 0.377. The van der Waals surface area contributed by atoms with E-state index in [0.717, 1.165) is 13.1 Å². The van der Waals surface area contributed by atoms with Crippen LogP contribution in [0.2, 0.25) is 0 Å². The van der Waals surface area contributed by atoms with E-state index in [1.54, 1.807) is 0 Å². The number of likely N-dealkylation sites (N-methyl/N-ethyl adjacent to an activating group) is 1. The third-order valence-electron chi connectivity index (χ3n) is 1.68. The maximum absolute atomic E-state index is 10.4. The molecule has 1 amide bonds. The van der Waals surface area contributed by atoms with Crippen LogP contribution in [0.4, 0.5) is 0 Å². The van der Waals surface area contributed by atoms with Crippen LogP contribution in [0.5, 0.6) is 0 Å². The Hall–Kier alpha value is -0.370. The van der Waals surface area contributed by atoms with E-state index < -0.39 is 0 Å². The first kappa shape index (κ1) is 4.78. The third-order valence-corrected chi connectivity index (χ3v) is 1.68. The lowest BCUT2D eigenvalue weighted by Crippen LogP contribution is -2.19. The first-order valence-electron chi connectivity index (χ1n) is 2.57. The summed E-state index contributed by atoms with van der Waals surface area (Å²) in [6, 6.07) is 0. The number of quaternary nitrogens is 1. The van der Waals surface area contributed by atoms with Crippen molar-refractivity contribution in [3.05, 3.63) is 0 Å². The van der Waals surface area contributed by atoms with E-state index in [-0.39, 0.29) is 0 Å². The van der Waals surface area contributed by atoms with Gasteiger partial charge in [0.1, 0.15) is 0 Å². The van der Waals surface area contributed by atoms with Gasteiger partial charge in [-0.2, -0.15) is 0 Å². The molecule has 1 rings (SSSR count). The minimum Gasteiger partial charge on any atom is -0.247 e. The van der Waals surface area contributed by atoms with Crippen LogP contribution < -0.4 is 0 Å². The summed E-state index contributed by atoms with van der Waals surface area (Å²) in [6.45, 7) is 3.75. The lowest BCUT2D eigenvalue weighted by atomic mass is 10.7. The quantitative estimate of drug-likeness (QED) is 0.334. The molecule has 0 radical (unpaired) electrons. The van der Waals surface area contributed by atoms with Gasteiger partial charge in [0, 0.05) is 0 Å². The van der Waals surface area contributed by atoms with Crippen LogP contribution in [0.1, 0.15) is 6.92 Å². The van der Waals surface area contributed by atoms with E-state index in [4.69, 9.17) is 0 Å². The van der Waals surface area contributed by atoms with Crippen molar-refractivity contribution in [3.8, 4) is 0 Å². The lowest BCUT2D eigenvalue weighted by Gasteiger charge is -2.00. The molecule has 0 bridgehead atoms. The first-order chi connectivity index (χ1) is 3.19. The van der Waals surface area contributed by atoms with Crippen molar-refractivity contribution in [2.45, 2.75) is 6.92 Å². The molecular weight excluding hydrogens is 90.1 g/mol. The number of carbonyl (C=O) groups excluding carboxylic acids is 1. The van der Waals surface area contributed by atoms with Crippen molar-refractivity contribution in [1.29, 1.82) is 0 Å². The smallest absolute Gasteiger partial charge is 0.247 e. The van der Waals surface area contributed by atoms with Crippen LogP contribution in [0.25, 0.3) is 0 Å². The SMILES string of the molecule is CC[N+]1(C)CC1=O. The molecule has 0 aromatic heterocycles. The summed E-state index contributed by atoms with van der Waals surface area (Å²) in [7, 11) is 1.96. The Bertz CT molecular complexity index is 111. The Morgan fingerprint density at radius 2 is 2.29 bits per heavy atom. The Balaban J connectivity index is 2.52. The lowest BCUT2D eigenvalue weighted by molar-refractivity contribution is -0.734. The van der Waals surface area contributed by atoms with Crippen LogP contribution in [-0.4, -0.2) is 30.5 Å². The molecule has 2 nitrogen and oxygen atoms in total. The van der Waals surface area contributed by atoms with E-state index in [1.807, 2.05) is 14.0 Å². The molecule has 2 heteroatoms. The van der Waals surface area contributed by atoms with Gasteiger partial charge >= 0.3 is 5.91 Å². The first-order valence-corrected chi connectivity index (χ1v) is 2.57. The van der Waals surface area contributed by atoms with E-state index in [9.17, 15) is 4.79 Å². The van der Waals surface area contributed by atoms with Crippen molar-refractivity contribution < 1.29 is 9.28 Å². The van der Waals surface area contributed by atoms with Gasteiger partial charge in [-0.05, 0) is 6.92 Å². The van der Waals surface area contributed by atoms with Crippen molar-refractivity contribution >= 4 is 5.91 Å². The van der Waals surface area contributed by atoms with Gasteiger partial charge in [-0.15, -0.1) is 0 Å². The molecule has 7 heavy (non-hydrogen) atoms. The highest BCUT2D eigenvalue weighted by Crippen LogP contribution is 2.17. The average Bonchev–Trinajstić information content (AvgIpc) is 2.18. The Morgan fingerprint density at radius 1 is 1.86 bits per heavy atom. The van der Waals surface area contributed by atoms with Gasteiger partial charge < -0.3 is 0 Å². The number of rotatable bonds is 1. The van der Waals surface area contributed by atoms with Crippen molar-refractivity contribution in [3.63, 3.8) is 0 Å². The van der Waals surface area contributed by atoms with Gasteiger partial charge in [0.2, 0.25) is 6.54 Å². The minimum atomic E-state index is 0.377. The normalized spacial score (nSPS) is 38.9. The van der Waals surface area contributed by atoms with Gasteiger partial charge in [0.25, 0.3) is 0 Å². The average molecular weight is 100 g/mol. The van der Waals surface area contributed by atoms with Gasteiger partial charge in [0.15, 0.2) is 0 Å². The maximum atomic E-state index is 10.4. The molecule has 40 valence electrons. The topological polar surface area (TPSA) is 17.1 Å². The Kier molecular flexibility index (Phi) is 0.729. The summed E-state index contributed by atoms with van der Waals surface area (Å²) < 4.78 is 0.667. The van der Waals surface area contributed by atoms with E-state index in [1.165, 1.54) is 0 Å². The number of nitrogens with zero attached hydrogens (tertiary/aromatic N) is 1. The molecule has 1 heterocycles. The predicted molar refractivity (Wildman–Crippen MR) is 26.6 cm³/mol. The summed E-state index contributed by atoms with van der Waals surface area (Å²) in [5, 5.41) is 0. The largest absolute Gasteiger partial charge is 0.369 e. The van der Waals surface area contributed by atoms with Crippen molar-refractivity contribution in [2.24, 2.45) is 0 Å². The number of hydrogen-bond acceptors (Lipinski definition) is 1. The molecule has 1 unspecified atom stereocenters. The molecule has 0 spiro atoms. The molecule has 0 saturated carbocycles. The molecule has 1 atom stereocenters. The highest BCUT2D eigenvalue weighted by Gasteiger charge is 2.49. The Labute approximate surface area is 43.3 Å². The maximum Gasteiger partial charge on any atom is 0.369 e. The molecule has 1 fully saturated rings. The van der Waals surface area contributed by atoms with Gasteiger partial charge in [-0.25, -0.2) is 9.28 Å². The van der Waals surface area contributed by atoms with Crippen LogP contribution in [0, 0.1) is 0 Å². The number of amides is 1. The molecule has 1 aliphatic rings. The molecule has 0 N–H and O–H groups in total. The number of carbonyl (C=O) groups is 1. The summed E-state index contributed by atoms with van der Waals surface area (Å²) in [4.78, 5) is 10.4. The van der Waals surface area contributed by atoms with Gasteiger partial charge in [-0.3, -0.25) is 0 Å². The fourth-order valence-electron chi connectivity index (χ4n) is 0.551. The van der Waals surface area contributed by atoms with Crippen LogP contribution in [0.15, 0.2) is 0 Å². The molecule has 1 saturated heterocycles. The standard InChI is InChI=1S/C5H10NO/c1-3-6(2)4-5(6)7/h3-4H2,1-2H3/q+1. The molecule has 0 aliphatic carbocycles. The zero-order valence-electron chi connectivity index (χ0n) is 4.77. The van der Waals surface area contributed by atoms with Crippen LogP contribution >= 0.6 is 0 Å². The second-order valence-electron chi connectivity index (χ2n) is 2.26. The van der Waals surface area contributed by atoms with E-state index >= 15 is 0 Å². The molecule has 0 aromatic carbocycles. The van der Waals surface area contributed by atoms with Crippen molar-refractivity contribution in [2.75, 3.05) is 20.1 Å². The highest BCUT2D eigenvalue weighted by atomic mass is 16.2. The van der Waals surface area contributed by atoms with E-state index in [2.05, 4.69) is 0 Å². The molecular formula is C5H10NO+. The van der Waals surface area contributed by atoms with E-state index in [0.29, 0.717) is 10.4 Å². The monoisotopic (exact) mass is 100 g/mol. The van der Waals surface area contributed by atoms with Gasteiger partial charge in [0.05, 0.1) is 13.6 Å².